The van der Waals surface area contributed by atoms with Gasteiger partial charge >= 0.3 is 6.18 Å². The van der Waals surface area contributed by atoms with Gasteiger partial charge in [0.25, 0.3) is 0 Å². The highest BCUT2D eigenvalue weighted by Crippen LogP contribution is 2.45. The predicted molar refractivity (Wildman–Crippen MR) is 90.1 cm³/mol. The number of hydrogen-bond acceptors (Lipinski definition) is 7. The predicted octanol–water partition coefficient (Wildman–Crippen LogP) is 0.248. The minimum atomic E-state index is -4.59. The van der Waals surface area contributed by atoms with Crippen LogP contribution < -0.4 is 0 Å². The Balaban J connectivity index is 1.44. The molecule has 3 aliphatic heterocycles. The lowest BCUT2D eigenvalue weighted by atomic mass is 9.78. The third kappa shape index (κ3) is 3.19. The van der Waals surface area contributed by atoms with E-state index in [0.29, 0.717) is 6.54 Å². The number of epoxide rings is 1. The maximum Gasteiger partial charge on any atom is 0.417 e. The fourth-order valence-corrected chi connectivity index (χ4v) is 5.24. The van der Waals surface area contributed by atoms with Crippen LogP contribution in [-0.4, -0.2) is 107 Å². The van der Waals surface area contributed by atoms with Crippen LogP contribution in [0.15, 0.2) is 0 Å². The number of likely N-dealkylation sites (N-methyl/N-ethyl adjacent to an activating group) is 3. The van der Waals surface area contributed by atoms with Gasteiger partial charge in [-0.05, 0) is 52.7 Å². The highest BCUT2D eigenvalue weighted by molar-refractivity contribution is 5.07. The Morgan fingerprint density at radius 3 is 2.33 bits per heavy atom. The Kier molecular flexibility index (Phi) is 4.78. The summed E-state index contributed by atoms with van der Waals surface area (Å²) in [6.07, 6.45) is -5.65. The molecule has 0 bridgehead atoms. The van der Waals surface area contributed by atoms with E-state index in [1.54, 1.807) is 0 Å². The van der Waals surface area contributed by atoms with Crippen LogP contribution in [0.4, 0.5) is 13.2 Å². The molecule has 0 aromatic rings. The molecule has 3 saturated heterocycles. The maximum atomic E-state index is 13.0. The first kappa shape index (κ1) is 19.8. The third-order valence-corrected chi connectivity index (χ3v) is 6.88. The van der Waals surface area contributed by atoms with Crippen LogP contribution in [0.3, 0.4) is 0 Å². The molecule has 1 aliphatic carbocycles. The standard InChI is InChI=1S/C17H29F3N4O3/c1-21-9-22(2)13-11(21)12-14(27-12)24(15(25)23(13)3)8-10-4-6-16(26,7-5-10)17(18,19)20/h10-15,25-26H,4-9H2,1-3H3. The minimum Gasteiger partial charge on any atom is -0.380 e. The molecule has 10 heteroatoms. The van der Waals surface area contributed by atoms with Crippen LogP contribution in [0, 0.1) is 5.92 Å². The molecule has 27 heavy (non-hydrogen) atoms. The summed E-state index contributed by atoms with van der Waals surface area (Å²) in [7, 11) is 5.92. The van der Waals surface area contributed by atoms with Gasteiger partial charge in [-0.15, -0.1) is 0 Å². The fourth-order valence-electron chi connectivity index (χ4n) is 5.24. The molecule has 0 aromatic carbocycles. The molecule has 0 spiro atoms. The highest BCUT2D eigenvalue weighted by Gasteiger charge is 2.62. The molecule has 156 valence electrons. The average molecular weight is 394 g/mol. The van der Waals surface area contributed by atoms with E-state index in [1.807, 2.05) is 30.9 Å². The summed E-state index contributed by atoms with van der Waals surface area (Å²) < 4.78 is 44.9. The molecule has 2 N–H and O–H groups in total. The summed E-state index contributed by atoms with van der Waals surface area (Å²) in [4.78, 5) is 8.16. The zero-order chi connectivity index (χ0) is 19.7. The molecular formula is C17H29F3N4O3. The van der Waals surface area contributed by atoms with Crippen LogP contribution in [0.25, 0.3) is 0 Å². The van der Waals surface area contributed by atoms with Crippen molar-refractivity contribution in [3.8, 4) is 0 Å². The Labute approximate surface area is 157 Å². The Hall–Kier alpha value is -0.490. The molecule has 5 atom stereocenters. The van der Waals surface area contributed by atoms with Crippen molar-refractivity contribution in [3.63, 3.8) is 0 Å². The summed E-state index contributed by atoms with van der Waals surface area (Å²) >= 11 is 0. The Bertz CT molecular complexity index is 572. The lowest BCUT2D eigenvalue weighted by Gasteiger charge is -2.41. The first-order valence-corrected chi connectivity index (χ1v) is 9.54. The smallest absolute Gasteiger partial charge is 0.380 e. The fraction of sp³-hybridized carbons (Fsp3) is 1.00. The molecular weight excluding hydrogens is 365 g/mol. The number of ether oxygens (including phenoxy) is 1. The SMILES string of the molecule is CN1CN(C)C2C1C1OC1N(CC1CCC(O)(C(F)(F)F)CC1)C(O)N2C. The van der Waals surface area contributed by atoms with Crippen molar-refractivity contribution < 1.29 is 28.1 Å². The number of rotatable bonds is 2. The van der Waals surface area contributed by atoms with Gasteiger partial charge in [-0.3, -0.25) is 14.7 Å². The number of nitrogens with zero attached hydrogens (tertiary/aromatic N) is 4. The molecule has 1 saturated carbocycles. The van der Waals surface area contributed by atoms with E-state index in [1.165, 1.54) is 0 Å². The number of fused-ring (bicyclic) bond motifs is 3. The topological polar surface area (TPSA) is 66.0 Å². The monoisotopic (exact) mass is 394 g/mol. The quantitative estimate of drug-likeness (QED) is 0.651. The van der Waals surface area contributed by atoms with Gasteiger partial charge in [0.1, 0.15) is 12.3 Å². The largest absolute Gasteiger partial charge is 0.417 e. The first-order valence-electron chi connectivity index (χ1n) is 9.54. The van der Waals surface area contributed by atoms with Crippen LogP contribution >= 0.6 is 0 Å². The van der Waals surface area contributed by atoms with E-state index in [4.69, 9.17) is 4.74 Å². The second-order valence-electron chi connectivity index (χ2n) is 8.73. The van der Waals surface area contributed by atoms with E-state index in [-0.39, 0.29) is 56.1 Å². The van der Waals surface area contributed by atoms with Crippen molar-refractivity contribution in [3.05, 3.63) is 0 Å². The third-order valence-electron chi connectivity index (χ3n) is 6.88. The molecule has 7 nitrogen and oxygen atoms in total. The van der Waals surface area contributed by atoms with E-state index in [9.17, 15) is 23.4 Å². The van der Waals surface area contributed by atoms with Gasteiger partial charge in [0, 0.05) is 6.54 Å². The van der Waals surface area contributed by atoms with Gasteiger partial charge in [-0.25, -0.2) is 4.90 Å². The van der Waals surface area contributed by atoms with Crippen molar-refractivity contribution in [2.45, 2.75) is 68.4 Å². The summed E-state index contributed by atoms with van der Waals surface area (Å²) in [5, 5.41) is 20.8. The number of aliphatic hydroxyl groups excluding tert-OH is 1. The molecule has 4 rings (SSSR count). The number of alkyl halides is 3. The van der Waals surface area contributed by atoms with Gasteiger partial charge in [0.15, 0.2) is 12.0 Å². The van der Waals surface area contributed by atoms with Crippen LogP contribution in [0.5, 0.6) is 0 Å². The molecule has 3 heterocycles. The Morgan fingerprint density at radius 1 is 1.11 bits per heavy atom. The molecule has 0 radical (unpaired) electrons. The van der Waals surface area contributed by atoms with Crippen molar-refractivity contribution >= 4 is 0 Å². The molecule has 5 unspecified atom stereocenters. The second kappa shape index (κ2) is 6.51. The Morgan fingerprint density at radius 2 is 1.74 bits per heavy atom. The van der Waals surface area contributed by atoms with Crippen molar-refractivity contribution in [1.82, 2.24) is 19.6 Å². The molecule has 4 fully saturated rings. The van der Waals surface area contributed by atoms with E-state index < -0.39 is 18.1 Å². The van der Waals surface area contributed by atoms with Crippen LogP contribution in [0.2, 0.25) is 0 Å². The van der Waals surface area contributed by atoms with Crippen molar-refractivity contribution in [2.75, 3.05) is 34.4 Å². The second-order valence-corrected chi connectivity index (χ2v) is 8.73. The van der Waals surface area contributed by atoms with Gasteiger partial charge in [0.2, 0.25) is 0 Å². The lowest BCUT2D eigenvalue weighted by molar-refractivity contribution is -0.272. The van der Waals surface area contributed by atoms with Gasteiger partial charge in [-0.1, -0.05) is 0 Å². The van der Waals surface area contributed by atoms with Gasteiger partial charge in [0.05, 0.1) is 18.9 Å². The molecule has 4 aliphatic rings. The van der Waals surface area contributed by atoms with E-state index in [0.717, 1.165) is 6.67 Å². The van der Waals surface area contributed by atoms with E-state index in [2.05, 4.69) is 9.80 Å². The summed E-state index contributed by atoms with van der Waals surface area (Å²) in [5.41, 5.74) is -2.57. The number of hydrogen-bond donors (Lipinski definition) is 2. The van der Waals surface area contributed by atoms with E-state index >= 15 is 0 Å². The minimum absolute atomic E-state index is 0.00563. The molecule has 0 aromatic heterocycles. The maximum absolute atomic E-state index is 13.0. The summed E-state index contributed by atoms with van der Waals surface area (Å²) in [6.45, 7) is 1.26. The van der Waals surface area contributed by atoms with Crippen LogP contribution in [-0.2, 0) is 4.74 Å². The van der Waals surface area contributed by atoms with Gasteiger partial charge in [-0.2, -0.15) is 13.2 Å². The zero-order valence-electron chi connectivity index (χ0n) is 15.9. The van der Waals surface area contributed by atoms with Crippen LogP contribution in [0.1, 0.15) is 25.7 Å². The van der Waals surface area contributed by atoms with Gasteiger partial charge < -0.3 is 14.9 Å². The lowest BCUT2D eigenvalue weighted by Crippen LogP contribution is -2.56. The normalized spacial score (nSPS) is 47.6. The van der Waals surface area contributed by atoms with Crippen molar-refractivity contribution in [2.24, 2.45) is 5.92 Å². The number of aliphatic hydroxyl groups is 2. The summed E-state index contributed by atoms with van der Waals surface area (Å²) in [6, 6.07) is 0.145. The van der Waals surface area contributed by atoms with Crippen molar-refractivity contribution in [1.29, 1.82) is 0 Å². The highest BCUT2D eigenvalue weighted by atomic mass is 19.4. The zero-order valence-corrected chi connectivity index (χ0v) is 15.9. The molecule has 0 amide bonds. The first-order chi connectivity index (χ1) is 12.5. The number of halogens is 3. The summed E-state index contributed by atoms with van der Waals surface area (Å²) in [5.74, 6) is -0.00563. The average Bonchev–Trinajstić information content (AvgIpc) is 3.30.